The van der Waals surface area contributed by atoms with E-state index in [9.17, 15) is 9.59 Å². The number of hydrogen-bond donors (Lipinski definition) is 2. The van der Waals surface area contributed by atoms with Crippen LogP contribution in [0, 0.1) is 0 Å². The number of nitrogens with one attached hydrogen (secondary N) is 2. The highest BCUT2D eigenvalue weighted by Crippen LogP contribution is 2.19. The normalized spacial score (nSPS) is 12.1. The zero-order valence-electron chi connectivity index (χ0n) is 18.7. The molecule has 0 fully saturated rings. The van der Waals surface area contributed by atoms with Gasteiger partial charge in [-0.05, 0) is 18.1 Å². The van der Waals surface area contributed by atoms with Crippen molar-refractivity contribution in [3.63, 3.8) is 0 Å². The number of aromatic amines is 1. The number of ether oxygens (including phenoxy) is 1. The molecule has 0 aliphatic heterocycles. The van der Waals surface area contributed by atoms with Gasteiger partial charge in [-0.15, -0.1) is 0 Å². The first-order chi connectivity index (χ1) is 14.6. The molecule has 1 aromatic heterocycles. The summed E-state index contributed by atoms with van der Waals surface area (Å²) >= 11 is 0. The predicted octanol–water partition coefficient (Wildman–Crippen LogP) is 5.68. The summed E-state index contributed by atoms with van der Waals surface area (Å²) in [4.78, 5) is 27.3. The first-order valence-corrected chi connectivity index (χ1v) is 11.6. The first kappa shape index (κ1) is 24.0. The van der Waals surface area contributed by atoms with E-state index >= 15 is 0 Å². The molecule has 1 atom stereocenters. The van der Waals surface area contributed by atoms with Crippen LogP contribution in [0.4, 0.5) is 0 Å². The van der Waals surface area contributed by atoms with Crippen LogP contribution in [0.15, 0.2) is 30.5 Å². The van der Waals surface area contributed by atoms with Crippen molar-refractivity contribution in [3.8, 4) is 0 Å². The average molecular weight is 415 g/mol. The van der Waals surface area contributed by atoms with E-state index in [1.807, 2.05) is 30.5 Å². The fourth-order valence-electron chi connectivity index (χ4n) is 3.82. The summed E-state index contributed by atoms with van der Waals surface area (Å²) in [5.41, 5.74) is 2.02. The van der Waals surface area contributed by atoms with E-state index < -0.39 is 6.04 Å². The lowest BCUT2D eigenvalue weighted by Gasteiger charge is -2.16. The second-order valence-corrected chi connectivity index (χ2v) is 8.17. The van der Waals surface area contributed by atoms with Crippen molar-refractivity contribution in [2.24, 2.45) is 0 Å². The molecule has 0 bridgehead atoms. The molecule has 1 amide bonds. The molecule has 2 N–H and O–H groups in total. The fraction of sp³-hybridized carbons (Fsp3) is 0.600. The van der Waals surface area contributed by atoms with Crippen LogP contribution >= 0.6 is 0 Å². The van der Waals surface area contributed by atoms with E-state index in [4.69, 9.17) is 4.74 Å². The Labute approximate surface area is 181 Å². The number of esters is 1. The summed E-state index contributed by atoms with van der Waals surface area (Å²) in [7, 11) is 0. The molecule has 5 heteroatoms. The topological polar surface area (TPSA) is 71.2 Å². The number of rotatable bonds is 15. The fourth-order valence-corrected chi connectivity index (χ4v) is 3.82. The molecule has 0 saturated carbocycles. The number of carbonyl (C=O) groups excluding carboxylic acids is 2. The molecule has 0 saturated heterocycles. The summed E-state index contributed by atoms with van der Waals surface area (Å²) in [5.74, 6) is -0.581. The number of H-pyrrole nitrogens is 1. The lowest BCUT2D eigenvalue weighted by Crippen LogP contribution is -2.42. The predicted molar refractivity (Wildman–Crippen MR) is 122 cm³/mol. The Morgan fingerprint density at radius 2 is 1.60 bits per heavy atom. The molecule has 0 unspecified atom stereocenters. The average Bonchev–Trinajstić information content (AvgIpc) is 3.14. The first-order valence-electron chi connectivity index (χ1n) is 11.6. The largest absolute Gasteiger partial charge is 0.464 e. The summed E-state index contributed by atoms with van der Waals surface area (Å²) in [6, 6.07) is 7.28. The van der Waals surface area contributed by atoms with E-state index in [0.717, 1.165) is 29.3 Å². The second-order valence-electron chi connectivity index (χ2n) is 8.17. The number of hydrogen-bond acceptors (Lipinski definition) is 3. The molecular formula is C25H38N2O3. The quantitative estimate of drug-likeness (QED) is 0.291. The lowest BCUT2D eigenvalue weighted by atomic mass is 10.0. The Bertz CT molecular complexity index is 769. The minimum absolute atomic E-state index is 0.226. The molecule has 1 aromatic carbocycles. The van der Waals surface area contributed by atoms with Crippen LogP contribution in [-0.2, 0) is 20.7 Å². The molecule has 0 radical (unpaired) electrons. The van der Waals surface area contributed by atoms with Gasteiger partial charge in [0, 0.05) is 30.4 Å². The van der Waals surface area contributed by atoms with Crippen molar-refractivity contribution in [3.05, 3.63) is 36.0 Å². The Morgan fingerprint density at radius 3 is 2.27 bits per heavy atom. The van der Waals surface area contributed by atoms with Crippen molar-refractivity contribution in [1.29, 1.82) is 0 Å². The maximum absolute atomic E-state index is 12.6. The molecule has 5 nitrogen and oxygen atoms in total. The number of benzene rings is 1. The molecule has 2 aromatic rings. The minimum Gasteiger partial charge on any atom is -0.464 e. The van der Waals surface area contributed by atoms with Gasteiger partial charge in [0.05, 0.1) is 6.61 Å². The SMILES string of the molecule is CCCCCCCCCCCCOC(=O)[C@H](Cc1c[nH]c2ccccc12)NC(C)=O. The number of amides is 1. The van der Waals surface area contributed by atoms with Crippen molar-refractivity contribution >= 4 is 22.8 Å². The number of para-hydroxylation sites is 1. The van der Waals surface area contributed by atoms with Crippen LogP contribution in [0.1, 0.15) is 83.6 Å². The van der Waals surface area contributed by atoms with Crippen LogP contribution in [0.25, 0.3) is 10.9 Å². The van der Waals surface area contributed by atoms with E-state index in [1.165, 1.54) is 58.3 Å². The van der Waals surface area contributed by atoms with E-state index in [2.05, 4.69) is 17.2 Å². The van der Waals surface area contributed by atoms with Gasteiger partial charge < -0.3 is 15.0 Å². The summed E-state index contributed by atoms with van der Waals surface area (Å²) in [6.45, 7) is 4.09. The van der Waals surface area contributed by atoms with Crippen LogP contribution in [0.2, 0.25) is 0 Å². The van der Waals surface area contributed by atoms with Gasteiger partial charge in [0.15, 0.2) is 0 Å². The van der Waals surface area contributed by atoms with Crippen molar-refractivity contribution < 1.29 is 14.3 Å². The standard InChI is InChI=1S/C25H38N2O3/c1-3-4-5-6-7-8-9-10-11-14-17-30-25(29)24(27-20(2)28)18-21-19-26-23-16-13-12-15-22(21)23/h12-13,15-16,19,24,26H,3-11,14,17-18H2,1-2H3,(H,27,28)/t24-/m0/s1. The Hall–Kier alpha value is -2.30. The number of fused-ring (bicyclic) bond motifs is 1. The summed E-state index contributed by atoms with van der Waals surface area (Å²) < 4.78 is 5.47. The molecular weight excluding hydrogens is 376 g/mol. The minimum atomic E-state index is -0.662. The highest BCUT2D eigenvalue weighted by atomic mass is 16.5. The molecule has 166 valence electrons. The Morgan fingerprint density at radius 1 is 0.967 bits per heavy atom. The van der Waals surface area contributed by atoms with Gasteiger partial charge in [-0.25, -0.2) is 4.79 Å². The maximum Gasteiger partial charge on any atom is 0.328 e. The zero-order chi connectivity index (χ0) is 21.6. The molecule has 0 aliphatic rings. The van der Waals surface area contributed by atoms with E-state index in [1.54, 1.807) is 0 Å². The monoisotopic (exact) mass is 414 g/mol. The molecule has 0 spiro atoms. The molecule has 1 heterocycles. The number of unbranched alkanes of at least 4 members (excludes halogenated alkanes) is 9. The van der Waals surface area contributed by atoms with Gasteiger partial charge >= 0.3 is 5.97 Å². The third-order valence-electron chi connectivity index (χ3n) is 5.50. The number of aromatic nitrogens is 1. The van der Waals surface area contributed by atoms with Crippen molar-refractivity contribution in [2.45, 2.75) is 90.5 Å². The van der Waals surface area contributed by atoms with Gasteiger partial charge in [0.2, 0.25) is 5.91 Å². The van der Waals surface area contributed by atoms with Gasteiger partial charge in [-0.1, -0.05) is 82.9 Å². The second kappa shape index (κ2) is 13.8. The Kier molecular flexibility index (Phi) is 11.1. The highest BCUT2D eigenvalue weighted by Gasteiger charge is 2.22. The van der Waals surface area contributed by atoms with Crippen LogP contribution < -0.4 is 5.32 Å². The summed E-state index contributed by atoms with van der Waals surface area (Å²) in [5, 5.41) is 3.81. The third-order valence-corrected chi connectivity index (χ3v) is 5.50. The molecule has 2 rings (SSSR count). The van der Waals surface area contributed by atoms with E-state index in [-0.39, 0.29) is 11.9 Å². The van der Waals surface area contributed by atoms with Gasteiger partial charge in [-0.2, -0.15) is 0 Å². The highest BCUT2D eigenvalue weighted by molar-refractivity contribution is 5.86. The third kappa shape index (κ3) is 8.60. The molecule has 0 aliphatic carbocycles. The van der Waals surface area contributed by atoms with Gasteiger partial charge in [0.25, 0.3) is 0 Å². The van der Waals surface area contributed by atoms with Crippen molar-refractivity contribution in [1.82, 2.24) is 10.3 Å². The van der Waals surface area contributed by atoms with Crippen LogP contribution in [-0.4, -0.2) is 29.5 Å². The summed E-state index contributed by atoms with van der Waals surface area (Å²) in [6.07, 6.45) is 14.7. The van der Waals surface area contributed by atoms with Gasteiger partial charge in [0.1, 0.15) is 6.04 Å². The number of carbonyl (C=O) groups is 2. The maximum atomic E-state index is 12.6. The van der Waals surface area contributed by atoms with Crippen LogP contribution in [0.5, 0.6) is 0 Å². The van der Waals surface area contributed by atoms with E-state index in [0.29, 0.717) is 13.0 Å². The lowest BCUT2D eigenvalue weighted by molar-refractivity contribution is -0.147. The zero-order valence-corrected chi connectivity index (χ0v) is 18.7. The van der Waals surface area contributed by atoms with Gasteiger partial charge in [-0.3, -0.25) is 4.79 Å². The van der Waals surface area contributed by atoms with Crippen LogP contribution in [0.3, 0.4) is 0 Å². The molecule has 30 heavy (non-hydrogen) atoms. The Balaban J connectivity index is 1.68. The smallest absolute Gasteiger partial charge is 0.328 e. The van der Waals surface area contributed by atoms with Crippen molar-refractivity contribution in [2.75, 3.05) is 6.61 Å².